The van der Waals surface area contributed by atoms with Crippen molar-refractivity contribution in [2.45, 2.75) is 76.4 Å². The Balaban J connectivity index is 1.52. The third-order valence-corrected chi connectivity index (χ3v) is 6.78. The maximum Gasteiger partial charge on any atom is 0.391 e. The lowest BCUT2D eigenvalue weighted by Gasteiger charge is -2.45. The van der Waals surface area contributed by atoms with E-state index in [9.17, 15) is 13.2 Å². The highest BCUT2D eigenvalue weighted by Crippen LogP contribution is 2.51. The molecule has 0 heterocycles. The summed E-state index contributed by atoms with van der Waals surface area (Å²) in [7, 11) is 0. The molecule has 0 aromatic carbocycles. The zero-order valence-corrected chi connectivity index (χ0v) is 13.3. The van der Waals surface area contributed by atoms with Gasteiger partial charge in [0.25, 0.3) is 0 Å². The van der Waals surface area contributed by atoms with Crippen molar-refractivity contribution in [3.05, 3.63) is 0 Å². The van der Waals surface area contributed by atoms with Gasteiger partial charge < -0.3 is 0 Å². The molecular formula is C18H28F3N. The standard InChI is InChI=1S/C18H28F3N/c1-22-17-8-5-12(6-9-17)13-2-3-15-11-16(18(19,20)21)7-4-14(15)10-13/h12-17H,1-11H2. The summed E-state index contributed by atoms with van der Waals surface area (Å²) in [6.07, 6.45) is 5.78. The van der Waals surface area contributed by atoms with Crippen molar-refractivity contribution in [3.63, 3.8) is 0 Å². The lowest BCUT2D eigenvalue weighted by atomic mass is 9.61. The minimum absolute atomic E-state index is 0.336. The van der Waals surface area contributed by atoms with Gasteiger partial charge in [0, 0.05) is 6.04 Å². The molecule has 0 N–H and O–H groups in total. The van der Waals surface area contributed by atoms with Crippen LogP contribution in [0.25, 0.3) is 0 Å². The third-order valence-electron chi connectivity index (χ3n) is 6.78. The number of alkyl halides is 3. The van der Waals surface area contributed by atoms with Gasteiger partial charge in [0.05, 0.1) is 5.92 Å². The van der Waals surface area contributed by atoms with Crippen LogP contribution in [0.4, 0.5) is 13.2 Å². The molecule has 4 unspecified atom stereocenters. The van der Waals surface area contributed by atoms with Crippen LogP contribution in [0.2, 0.25) is 0 Å². The first kappa shape index (κ1) is 16.3. The van der Waals surface area contributed by atoms with Crippen LogP contribution < -0.4 is 0 Å². The van der Waals surface area contributed by atoms with Gasteiger partial charge in [0.2, 0.25) is 0 Å². The van der Waals surface area contributed by atoms with Gasteiger partial charge in [0.1, 0.15) is 0 Å². The van der Waals surface area contributed by atoms with E-state index in [1.54, 1.807) is 0 Å². The van der Waals surface area contributed by atoms with E-state index in [1.165, 1.54) is 19.3 Å². The van der Waals surface area contributed by atoms with Crippen molar-refractivity contribution in [1.29, 1.82) is 0 Å². The minimum Gasteiger partial charge on any atom is -0.298 e. The number of hydrogen-bond acceptors (Lipinski definition) is 1. The summed E-state index contributed by atoms with van der Waals surface area (Å²) in [6.45, 7) is 3.66. The fourth-order valence-corrected chi connectivity index (χ4v) is 5.41. The Morgan fingerprint density at radius 1 is 0.682 bits per heavy atom. The highest BCUT2D eigenvalue weighted by molar-refractivity contribution is 5.24. The lowest BCUT2D eigenvalue weighted by Crippen LogP contribution is -2.38. The van der Waals surface area contributed by atoms with Crippen LogP contribution in [-0.4, -0.2) is 18.9 Å². The number of hydrogen-bond donors (Lipinski definition) is 0. The minimum atomic E-state index is -3.97. The highest BCUT2D eigenvalue weighted by Gasteiger charge is 2.46. The fraction of sp³-hybridized carbons (Fsp3) is 0.944. The first-order valence-corrected chi connectivity index (χ1v) is 9.00. The summed E-state index contributed by atoms with van der Waals surface area (Å²) in [5.41, 5.74) is 0. The van der Waals surface area contributed by atoms with Crippen molar-refractivity contribution in [2.75, 3.05) is 0 Å². The van der Waals surface area contributed by atoms with Crippen LogP contribution in [-0.2, 0) is 0 Å². The Morgan fingerprint density at radius 3 is 1.77 bits per heavy atom. The van der Waals surface area contributed by atoms with Crippen molar-refractivity contribution in [2.24, 2.45) is 34.6 Å². The average Bonchev–Trinajstić information content (AvgIpc) is 2.53. The van der Waals surface area contributed by atoms with Crippen LogP contribution in [0.1, 0.15) is 64.2 Å². The summed E-state index contributed by atoms with van der Waals surface area (Å²) in [6, 6.07) is 0.454. The Kier molecular flexibility index (Phi) is 4.84. The van der Waals surface area contributed by atoms with Gasteiger partial charge in [-0.1, -0.05) is 0 Å². The number of fused-ring (bicyclic) bond motifs is 1. The van der Waals surface area contributed by atoms with Gasteiger partial charge in [-0.3, -0.25) is 4.99 Å². The second-order valence-corrected chi connectivity index (χ2v) is 7.90. The Morgan fingerprint density at radius 2 is 1.18 bits per heavy atom. The summed E-state index contributed by atoms with van der Waals surface area (Å²) in [5.74, 6) is 1.42. The molecule has 3 rings (SSSR count). The molecule has 0 saturated heterocycles. The topological polar surface area (TPSA) is 12.4 Å². The molecule has 22 heavy (non-hydrogen) atoms. The van der Waals surface area contributed by atoms with Crippen LogP contribution in [0, 0.1) is 29.6 Å². The molecule has 3 fully saturated rings. The largest absolute Gasteiger partial charge is 0.391 e. The molecule has 4 atom stereocenters. The van der Waals surface area contributed by atoms with E-state index in [2.05, 4.69) is 11.7 Å². The second-order valence-electron chi connectivity index (χ2n) is 7.90. The average molecular weight is 315 g/mol. The number of halogens is 3. The fourth-order valence-electron chi connectivity index (χ4n) is 5.41. The molecule has 0 aromatic heterocycles. The Hall–Kier alpha value is -0.540. The number of aliphatic imine (C=N–C) groups is 1. The predicted molar refractivity (Wildman–Crippen MR) is 83.0 cm³/mol. The lowest BCUT2D eigenvalue weighted by molar-refractivity contribution is -0.191. The monoisotopic (exact) mass is 315 g/mol. The normalized spacial score (nSPS) is 43.4. The van der Waals surface area contributed by atoms with Crippen molar-refractivity contribution in [1.82, 2.24) is 0 Å². The molecular weight excluding hydrogens is 287 g/mol. The summed E-state index contributed by atoms with van der Waals surface area (Å²) < 4.78 is 38.8. The van der Waals surface area contributed by atoms with E-state index >= 15 is 0 Å². The molecule has 0 amide bonds. The maximum absolute atomic E-state index is 12.9. The first-order valence-electron chi connectivity index (χ1n) is 9.00. The van der Waals surface area contributed by atoms with Crippen molar-refractivity contribution in [3.8, 4) is 0 Å². The van der Waals surface area contributed by atoms with Crippen LogP contribution in [0.3, 0.4) is 0 Å². The zero-order chi connectivity index (χ0) is 15.7. The highest BCUT2D eigenvalue weighted by atomic mass is 19.4. The molecule has 3 aliphatic carbocycles. The summed E-state index contributed by atoms with van der Waals surface area (Å²) in [5, 5.41) is 0. The molecule has 0 radical (unpaired) electrons. The molecule has 0 aliphatic heterocycles. The zero-order valence-electron chi connectivity index (χ0n) is 13.3. The molecule has 0 spiro atoms. The van der Waals surface area contributed by atoms with Gasteiger partial charge in [-0.2, -0.15) is 13.2 Å². The van der Waals surface area contributed by atoms with Gasteiger partial charge >= 0.3 is 6.18 Å². The smallest absolute Gasteiger partial charge is 0.298 e. The van der Waals surface area contributed by atoms with Gasteiger partial charge in [-0.25, -0.2) is 0 Å². The summed E-state index contributed by atoms with van der Waals surface area (Å²) in [4.78, 5) is 4.17. The molecule has 3 aliphatic rings. The van der Waals surface area contributed by atoms with Crippen molar-refractivity contribution >= 4 is 6.72 Å². The van der Waals surface area contributed by atoms with Gasteiger partial charge in [0.15, 0.2) is 0 Å². The van der Waals surface area contributed by atoms with Crippen molar-refractivity contribution < 1.29 is 13.2 Å². The second kappa shape index (κ2) is 6.52. The van der Waals surface area contributed by atoms with E-state index in [0.29, 0.717) is 30.7 Å². The third kappa shape index (κ3) is 3.51. The van der Waals surface area contributed by atoms with Crippen LogP contribution in [0.15, 0.2) is 4.99 Å². The van der Waals surface area contributed by atoms with E-state index < -0.39 is 12.1 Å². The predicted octanol–water partition coefficient (Wildman–Crippen LogP) is 5.64. The van der Waals surface area contributed by atoms with E-state index in [4.69, 9.17) is 0 Å². The molecule has 126 valence electrons. The molecule has 0 aromatic rings. The molecule has 0 bridgehead atoms. The first-order chi connectivity index (χ1) is 10.5. The van der Waals surface area contributed by atoms with Gasteiger partial charge in [-0.15, -0.1) is 0 Å². The number of nitrogens with zero attached hydrogens (tertiary/aromatic N) is 1. The SMILES string of the molecule is C=NC1CCC(C2CCC3CC(C(F)(F)F)CCC3C2)CC1. The molecule has 4 heteroatoms. The van der Waals surface area contributed by atoms with Crippen LogP contribution >= 0.6 is 0 Å². The van der Waals surface area contributed by atoms with E-state index in [0.717, 1.165) is 43.9 Å². The van der Waals surface area contributed by atoms with E-state index in [1.807, 2.05) is 0 Å². The Bertz CT molecular complexity index is 384. The molecule has 3 saturated carbocycles. The van der Waals surface area contributed by atoms with Gasteiger partial charge in [-0.05, 0) is 94.6 Å². The van der Waals surface area contributed by atoms with E-state index in [-0.39, 0.29) is 0 Å². The quantitative estimate of drug-likeness (QED) is 0.585. The number of rotatable bonds is 2. The van der Waals surface area contributed by atoms with Crippen LogP contribution in [0.5, 0.6) is 0 Å². The summed E-state index contributed by atoms with van der Waals surface area (Å²) >= 11 is 0. The molecule has 1 nitrogen and oxygen atoms in total. The Labute approximate surface area is 131 Å². The maximum atomic E-state index is 12.9.